The molecule has 146 valence electrons. The van der Waals surface area contributed by atoms with Crippen LogP contribution in [0.25, 0.3) is 11.1 Å². The van der Waals surface area contributed by atoms with Crippen LogP contribution in [0.2, 0.25) is 0 Å². The maximum absolute atomic E-state index is 14.1. The van der Waals surface area contributed by atoms with Crippen LogP contribution in [0.1, 0.15) is 43.0 Å². The van der Waals surface area contributed by atoms with Gasteiger partial charge in [0.1, 0.15) is 5.82 Å². The number of carbonyl (C=O) groups is 2. The molecule has 3 N–H and O–H groups in total. The van der Waals surface area contributed by atoms with Crippen molar-refractivity contribution >= 4 is 11.9 Å². The number of hydrogen-bond donors (Lipinski definition) is 2. The van der Waals surface area contributed by atoms with Crippen molar-refractivity contribution in [2.75, 3.05) is 6.61 Å². The molecule has 0 aliphatic heterocycles. The highest BCUT2D eigenvalue weighted by Gasteiger charge is 2.16. The molecule has 2 aromatic rings. The SMILES string of the molecule is CC(=O)O.CCOC(=O)C[C@H](N)c1cc(F)cc(-c2c(C)cccc2C)c1. The molecule has 0 aliphatic carbocycles. The first kappa shape index (κ1) is 22.3. The van der Waals surface area contributed by atoms with Crippen LogP contribution in [-0.2, 0) is 14.3 Å². The van der Waals surface area contributed by atoms with Crippen molar-refractivity contribution < 1.29 is 23.8 Å². The van der Waals surface area contributed by atoms with E-state index in [4.69, 9.17) is 20.4 Å². The lowest BCUT2D eigenvalue weighted by atomic mass is 9.92. The Morgan fingerprint density at radius 2 is 1.74 bits per heavy atom. The van der Waals surface area contributed by atoms with E-state index >= 15 is 0 Å². The van der Waals surface area contributed by atoms with Gasteiger partial charge in [0.05, 0.1) is 13.0 Å². The average molecular weight is 375 g/mol. The Morgan fingerprint density at radius 3 is 2.26 bits per heavy atom. The monoisotopic (exact) mass is 375 g/mol. The number of carbonyl (C=O) groups excluding carboxylic acids is 1. The van der Waals surface area contributed by atoms with Crippen LogP contribution in [0.5, 0.6) is 0 Å². The molecule has 1 atom stereocenters. The molecule has 0 amide bonds. The summed E-state index contributed by atoms with van der Waals surface area (Å²) < 4.78 is 19.0. The van der Waals surface area contributed by atoms with E-state index in [0.717, 1.165) is 29.2 Å². The summed E-state index contributed by atoms with van der Waals surface area (Å²) in [5, 5.41) is 7.42. The van der Waals surface area contributed by atoms with Crippen molar-refractivity contribution in [2.45, 2.75) is 40.2 Å². The molecule has 27 heavy (non-hydrogen) atoms. The van der Waals surface area contributed by atoms with E-state index in [1.165, 1.54) is 12.1 Å². The van der Waals surface area contributed by atoms with Crippen LogP contribution in [0, 0.1) is 19.7 Å². The molecule has 0 saturated heterocycles. The van der Waals surface area contributed by atoms with Crippen LogP contribution in [0.4, 0.5) is 4.39 Å². The summed E-state index contributed by atoms with van der Waals surface area (Å²) in [5.74, 6) is -1.57. The minimum absolute atomic E-state index is 0.0312. The molecule has 0 heterocycles. The Bertz CT molecular complexity index is 781. The molecule has 0 unspecified atom stereocenters. The zero-order valence-electron chi connectivity index (χ0n) is 16.1. The Kier molecular flexibility index (Phi) is 8.62. The minimum Gasteiger partial charge on any atom is -0.481 e. The Hall–Kier alpha value is -2.73. The van der Waals surface area contributed by atoms with E-state index in [-0.39, 0.29) is 18.2 Å². The quantitative estimate of drug-likeness (QED) is 0.766. The Balaban J connectivity index is 0.000000828. The number of carboxylic acids is 1. The number of aryl methyl sites for hydroxylation is 2. The highest BCUT2D eigenvalue weighted by atomic mass is 19.1. The minimum atomic E-state index is -0.833. The summed E-state index contributed by atoms with van der Waals surface area (Å²) in [4.78, 5) is 20.6. The maximum atomic E-state index is 14.1. The second kappa shape index (κ2) is 10.4. The number of rotatable bonds is 5. The van der Waals surface area contributed by atoms with Gasteiger partial charge in [-0.2, -0.15) is 0 Å². The fourth-order valence-electron chi connectivity index (χ4n) is 2.76. The molecule has 0 aliphatic rings. The van der Waals surface area contributed by atoms with Gasteiger partial charge in [-0.3, -0.25) is 9.59 Å². The molecule has 0 fully saturated rings. The first-order valence-corrected chi connectivity index (χ1v) is 8.63. The van der Waals surface area contributed by atoms with E-state index in [1.54, 1.807) is 6.92 Å². The molecule has 0 radical (unpaired) electrons. The van der Waals surface area contributed by atoms with Gasteiger partial charge in [0.15, 0.2) is 0 Å². The molecule has 0 spiro atoms. The van der Waals surface area contributed by atoms with Gasteiger partial charge in [0, 0.05) is 13.0 Å². The van der Waals surface area contributed by atoms with Crippen LogP contribution in [0.3, 0.4) is 0 Å². The van der Waals surface area contributed by atoms with Gasteiger partial charge in [-0.15, -0.1) is 0 Å². The fraction of sp³-hybridized carbons (Fsp3) is 0.333. The standard InChI is InChI=1S/C19H22FNO2.C2H4O2/c1-4-23-18(22)11-17(21)14-8-15(10-16(20)9-14)19-12(2)6-5-7-13(19)3;1-2(3)4/h5-10,17H,4,11,21H2,1-3H3;1H3,(H,3,4)/t17-;/m0./s1. The van der Waals surface area contributed by atoms with Crippen LogP contribution in [0.15, 0.2) is 36.4 Å². The average Bonchev–Trinajstić information content (AvgIpc) is 2.53. The van der Waals surface area contributed by atoms with E-state index in [2.05, 4.69) is 0 Å². The van der Waals surface area contributed by atoms with Gasteiger partial charge < -0.3 is 15.6 Å². The summed E-state index contributed by atoms with van der Waals surface area (Å²) in [7, 11) is 0. The van der Waals surface area contributed by atoms with Crippen molar-refractivity contribution in [1.29, 1.82) is 0 Å². The van der Waals surface area contributed by atoms with E-state index in [9.17, 15) is 9.18 Å². The number of carboxylic acid groups (broad SMARTS) is 1. The van der Waals surface area contributed by atoms with Crippen LogP contribution >= 0.6 is 0 Å². The van der Waals surface area contributed by atoms with Crippen LogP contribution in [-0.4, -0.2) is 23.7 Å². The third-order valence-electron chi connectivity index (χ3n) is 3.81. The summed E-state index contributed by atoms with van der Waals surface area (Å²) in [6.07, 6.45) is 0.0312. The fourth-order valence-corrected chi connectivity index (χ4v) is 2.76. The number of hydrogen-bond acceptors (Lipinski definition) is 4. The predicted molar refractivity (Wildman–Crippen MR) is 103 cm³/mol. The Labute approximate surface area is 159 Å². The van der Waals surface area contributed by atoms with Gasteiger partial charge in [-0.1, -0.05) is 18.2 Å². The van der Waals surface area contributed by atoms with Crippen molar-refractivity contribution in [2.24, 2.45) is 5.73 Å². The largest absolute Gasteiger partial charge is 0.481 e. The van der Waals surface area contributed by atoms with Gasteiger partial charge in [-0.25, -0.2) is 4.39 Å². The molecule has 5 nitrogen and oxygen atoms in total. The first-order chi connectivity index (χ1) is 12.6. The molecule has 2 aromatic carbocycles. The van der Waals surface area contributed by atoms with Gasteiger partial charge in [0.25, 0.3) is 5.97 Å². The van der Waals surface area contributed by atoms with Gasteiger partial charge in [-0.05, 0) is 66.8 Å². The smallest absolute Gasteiger partial charge is 0.307 e. The molecule has 2 rings (SSSR count). The third kappa shape index (κ3) is 7.19. The summed E-state index contributed by atoms with van der Waals surface area (Å²) in [6.45, 7) is 7.12. The summed E-state index contributed by atoms with van der Waals surface area (Å²) in [6, 6.07) is 10.1. The highest BCUT2D eigenvalue weighted by Crippen LogP contribution is 2.30. The zero-order chi connectivity index (χ0) is 20.6. The second-order valence-electron chi connectivity index (χ2n) is 6.17. The van der Waals surface area contributed by atoms with E-state index < -0.39 is 12.0 Å². The first-order valence-electron chi connectivity index (χ1n) is 8.63. The van der Waals surface area contributed by atoms with E-state index in [0.29, 0.717) is 12.2 Å². The predicted octanol–water partition coefficient (Wildman–Crippen LogP) is 4.15. The molecular weight excluding hydrogens is 349 g/mol. The lowest BCUT2D eigenvalue weighted by Crippen LogP contribution is -2.17. The molecular formula is C21H26FNO4. The van der Waals surface area contributed by atoms with Gasteiger partial charge in [0.2, 0.25) is 0 Å². The number of esters is 1. The summed E-state index contributed by atoms with van der Waals surface area (Å²) in [5.41, 5.74) is 10.6. The second-order valence-corrected chi connectivity index (χ2v) is 6.17. The number of aliphatic carboxylic acids is 1. The van der Waals surface area contributed by atoms with Crippen molar-refractivity contribution in [3.63, 3.8) is 0 Å². The van der Waals surface area contributed by atoms with Crippen molar-refractivity contribution in [1.82, 2.24) is 0 Å². The lowest BCUT2D eigenvalue weighted by molar-refractivity contribution is -0.143. The number of halogens is 1. The summed E-state index contributed by atoms with van der Waals surface area (Å²) >= 11 is 0. The number of ether oxygens (including phenoxy) is 1. The Morgan fingerprint density at radius 1 is 1.19 bits per heavy atom. The van der Waals surface area contributed by atoms with Crippen LogP contribution < -0.4 is 5.73 Å². The number of benzene rings is 2. The highest BCUT2D eigenvalue weighted by molar-refractivity contribution is 5.73. The molecule has 0 bridgehead atoms. The number of nitrogens with two attached hydrogens (primary N) is 1. The van der Waals surface area contributed by atoms with Crippen molar-refractivity contribution in [3.05, 3.63) is 58.9 Å². The van der Waals surface area contributed by atoms with Gasteiger partial charge >= 0.3 is 5.97 Å². The topological polar surface area (TPSA) is 89.6 Å². The van der Waals surface area contributed by atoms with E-state index in [1.807, 2.05) is 38.1 Å². The molecule has 6 heteroatoms. The van der Waals surface area contributed by atoms with Crippen molar-refractivity contribution in [3.8, 4) is 11.1 Å². The maximum Gasteiger partial charge on any atom is 0.307 e. The lowest BCUT2D eigenvalue weighted by Gasteiger charge is -2.15. The third-order valence-corrected chi connectivity index (χ3v) is 3.81. The zero-order valence-corrected chi connectivity index (χ0v) is 16.1. The molecule has 0 saturated carbocycles. The normalized spacial score (nSPS) is 11.2. The molecule has 0 aromatic heterocycles.